The quantitative estimate of drug-likeness (QED) is 0.675. The first-order valence-electron chi connectivity index (χ1n) is 8.81. The average molecular weight is 381 g/mol. The molecule has 1 aliphatic heterocycles. The molecule has 7 heteroatoms. The Morgan fingerprint density at radius 2 is 2.15 bits per heavy atom. The first kappa shape index (κ1) is 17.5. The molecule has 0 radical (unpaired) electrons. The lowest BCUT2D eigenvalue weighted by Crippen LogP contribution is -2.34. The van der Waals surface area contributed by atoms with Crippen LogP contribution in [0.2, 0.25) is 0 Å². The van der Waals surface area contributed by atoms with Gasteiger partial charge in [0.1, 0.15) is 19.5 Å². The predicted molar refractivity (Wildman–Crippen MR) is 104 cm³/mol. The number of hydrogen-bond acceptors (Lipinski definition) is 6. The number of anilines is 1. The van der Waals surface area contributed by atoms with Crippen LogP contribution < -0.4 is 4.90 Å². The van der Waals surface area contributed by atoms with E-state index < -0.39 is 0 Å². The van der Waals surface area contributed by atoms with Crippen molar-refractivity contribution in [2.45, 2.75) is 19.9 Å². The normalized spacial score (nSPS) is 13.6. The first-order valence-corrected chi connectivity index (χ1v) is 9.62. The number of para-hydroxylation sites is 1. The standard InChI is InChI=1S/C20H19N3O3S/c1-2-14-6-5-8-17-18(14)22-20(27-17)23(12-15-7-3-4-9-21-15)19(24)16-13-25-10-11-26-16/h3-9,13H,2,10-12H2,1H3. The number of rotatable bonds is 5. The zero-order valence-corrected chi connectivity index (χ0v) is 15.7. The molecule has 3 heterocycles. The average Bonchev–Trinajstić information content (AvgIpc) is 3.17. The first-order chi connectivity index (χ1) is 13.3. The minimum Gasteiger partial charge on any atom is -0.494 e. The molecule has 27 heavy (non-hydrogen) atoms. The van der Waals surface area contributed by atoms with Crippen molar-refractivity contribution in [3.8, 4) is 0 Å². The van der Waals surface area contributed by atoms with Crippen LogP contribution in [0.3, 0.4) is 0 Å². The van der Waals surface area contributed by atoms with Crippen LogP contribution in [0.25, 0.3) is 10.2 Å². The van der Waals surface area contributed by atoms with Gasteiger partial charge >= 0.3 is 0 Å². The van der Waals surface area contributed by atoms with Gasteiger partial charge in [-0.25, -0.2) is 4.98 Å². The molecular formula is C20H19N3O3S. The Labute approximate surface area is 161 Å². The Bertz CT molecular complexity index is 985. The van der Waals surface area contributed by atoms with E-state index in [-0.39, 0.29) is 11.7 Å². The van der Waals surface area contributed by atoms with E-state index in [1.54, 1.807) is 11.1 Å². The van der Waals surface area contributed by atoms with Gasteiger partial charge < -0.3 is 9.47 Å². The van der Waals surface area contributed by atoms with Crippen molar-refractivity contribution in [2.75, 3.05) is 18.1 Å². The van der Waals surface area contributed by atoms with Crippen LogP contribution in [-0.4, -0.2) is 29.1 Å². The minimum atomic E-state index is -0.280. The highest BCUT2D eigenvalue weighted by molar-refractivity contribution is 7.22. The van der Waals surface area contributed by atoms with Gasteiger partial charge in [0.15, 0.2) is 5.13 Å². The highest BCUT2D eigenvalue weighted by Crippen LogP contribution is 2.32. The van der Waals surface area contributed by atoms with Gasteiger partial charge in [0.25, 0.3) is 5.91 Å². The number of fused-ring (bicyclic) bond motifs is 1. The van der Waals surface area contributed by atoms with Crippen molar-refractivity contribution in [1.82, 2.24) is 9.97 Å². The van der Waals surface area contributed by atoms with Gasteiger partial charge in [0.2, 0.25) is 5.76 Å². The summed E-state index contributed by atoms with van der Waals surface area (Å²) >= 11 is 1.49. The topological polar surface area (TPSA) is 64.6 Å². The van der Waals surface area contributed by atoms with E-state index >= 15 is 0 Å². The maximum atomic E-state index is 13.1. The molecule has 0 fully saturated rings. The molecule has 4 rings (SSSR count). The van der Waals surface area contributed by atoms with Crippen LogP contribution in [0, 0.1) is 0 Å². The largest absolute Gasteiger partial charge is 0.494 e. The van der Waals surface area contributed by atoms with E-state index in [1.807, 2.05) is 30.3 Å². The molecule has 0 bridgehead atoms. The highest BCUT2D eigenvalue weighted by Gasteiger charge is 2.27. The van der Waals surface area contributed by atoms with Crippen molar-refractivity contribution >= 4 is 32.6 Å². The summed E-state index contributed by atoms with van der Waals surface area (Å²) in [4.78, 5) is 23.8. The maximum absolute atomic E-state index is 13.1. The van der Waals surface area contributed by atoms with Crippen molar-refractivity contribution in [3.05, 3.63) is 65.9 Å². The molecule has 0 unspecified atom stereocenters. The molecule has 0 spiro atoms. The van der Waals surface area contributed by atoms with E-state index in [2.05, 4.69) is 18.0 Å². The molecule has 2 aromatic heterocycles. The van der Waals surface area contributed by atoms with Gasteiger partial charge in [-0.15, -0.1) is 0 Å². The van der Waals surface area contributed by atoms with E-state index in [1.165, 1.54) is 17.6 Å². The lowest BCUT2D eigenvalue weighted by molar-refractivity contribution is -0.120. The number of aromatic nitrogens is 2. The second-order valence-electron chi connectivity index (χ2n) is 6.03. The molecule has 138 valence electrons. The molecular weight excluding hydrogens is 362 g/mol. The molecule has 0 N–H and O–H groups in total. The Morgan fingerprint density at radius 3 is 2.89 bits per heavy atom. The number of hydrogen-bond donors (Lipinski definition) is 0. The number of amides is 1. The monoisotopic (exact) mass is 381 g/mol. The van der Waals surface area contributed by atoms with Crippen LogP contribution in [0.4, 0.5) is 5.13 Å². The van der Waals surface area contributed by atoms with Crippen LogP contribution >= 0.6 is 11.3 Å². The fourth-order valence-electron chi connectivity index (χ4n) is 2.89. The van der Waals surface area contributed by atoms with Gasteiger partial charge in [-0.2, -0.15) is 0 Å². The van der Waals surface area contributed by atoms with Gasteiger partial charge in [-0.3, -0.25) is 14.7 Å². The van der Waals surface area contributed by atoms with E-state index in [9.17, 15) is 4.79 Å². The number of carbonyl (C=O) groups excluding carboxylic acids is 1. The summed E-state index contributed by atoms with van der Waals surface area (Å²) in [5.74, 6) is -0.0930. The van der Waals surface area contributed by atoms with E-state index in [0.29, 0.717) is 24.9 Å². The predicted octanol–water partition coefficient (Wildman–Crippen LogP) is 3.68. The van der Waals surface area contributed by atoms with Gasteiger partial charge in [-0.05, 0) is 30.2 Å². The summed E-state index contributed by atoms with van der Waals surface area (Å²) in [7, 11) is 0. The Morgan fingerprint density at radius 1 is 1.22 bits per heavy atom. The molecule has 1 aromatic carbocycles. The molecule has 6 nitrogen and oxygen atoms in total. The van der Waals surface area contributed by atoms with Crippen molar-refractivity contribution in [2.24, 2.45) is 0 Å². The minimum absolute atomic E-state index is 0.187. The third-order valence-corrected chi connectivity index (χ3v) is 5.30. The van der Waals surface area contributed by atoms with Crippen LogP contribution in [0.1, 0.15) is 18.2 Å². The number of ether oxygens (including phenoxy) is 2. The van der Waals surface area contributed by atoms with Gasteiger partial charge in [0, 0.05) is 6.20 Å². The van der Waals surface area contributed by atoms with E-state index in [4.69, 9.17) is 14.5 Å². The van der Waals surface area contributed by atoms with Crippen molar-refractivity contribution in [3.63, 3.8) is 0 Å². The zero-order chi connectivity index (χ0) is 18.6. The second-order valence-corrected chi connectivity index (χ2v) is 7.04. The summed E-state index contributed by atoms with van der Waals surface area (Å²) in [6.07, 6.45) is 3.98. The summed E-state index contributed by atoms with van der Waals surface area (Å²) in [6.45, 7) is 3.21. The number of pyridine rings is 1. The summed E-state index contributed by atoms with van der Waals surface area (Å²) in [5, 5.41) is 0.622. The fourth-order valence-corrected chi connectivity index (χ4v) is 3.90. The number of carbonyl (C=O) groups is 1. The van der Waals surface area contributed by atoms with Crippen LogP contribution in [-0.2, 0) is 27.2 Å². The zero-order valence-electron chi connectivity index (χ0n) is 14.9. The molecule has 0 saturated carbocycles. The Balaban J connectivity index is 1.75. The summed E-state index contributed by atoms with van der Waals surface area (Å²) in [5.41, 5.74) is 2.88. The molecule has 0 saturated heterocycles. The third-order valence-electron chi connectivity index (χ3n) is 4.25. The Hall–Kier alpha value is -2.93. The Kier molecular flexibility index (Phi) is 5.02. The van der Waals surface area contributed by atoms with Gasteiger partial charge in [-0.1, -0.05) is 36.5 Å². The highest BCUT2D eigenvalue weighted by atomic mass is 32.1. The second kappa shape index (κ2) is 7.75. The summed E-state index contributed by atoms with van der Waals surface area (Å²) < 4.78 is 11.8. The molecule has 1 aliphatic rings. The van der Waals surface area contributed by atoms with Gasteiger partial charge in [0.05, 0.1) is 22.5 Å². The van der Waals surface area contributed by atoms with Crippen LogP contribution in [0.5, 0.6) is 0 Å². The SMILES string of the molecule is CCc1cccc2sc(N(Cc3ccccn3)C(=O)C3=COCCO3)nc12. The number of thiazole rings is 1. The smallest absolute Gasteiger partial charge is 0.298 e. The lowest BCUT2D eigenvalue weighted by atomic mass is 10.1. The third kappa shape index (κ3) is 3.64. The molecule has 3 aromatic rings. The molecule has 1 amide bonds. The van der Waals surface area contributed by atoms with Crippen LogP contribution in [0.15, 0.2) is 54.6 Å². The lowest BCUT2D eigenvalue weighted by Gasteiger charge is -2.22. The van der Waals surface area contributed by atoms with Crippen molar-refractivity contribution in [1.29, 1.82) is 0 Å². The van der Waals surface area contributed by atoms with E-state index in [0.717, 1.165) is 27.9 Å². The number of nitrogens with zero attached hydrogens (tertiary/aromatic N) is 3. The molecule has 0 aliphatic carbocycles. The number of benzene rings is 1. The molecule has 0 atom stereocenters. The van der Waals surface area contributed by atoms with Crippen molar-refractivity contribution < 1.29 is 14.3 Å². The maximum Gasteiger partial charge on any atom is 0.298 e. The fraction of sp³-hybridized carbons (Fsp3) is 0.250. The summed E-state index contributed by atoms with van der Waals surface area (Å²) in [6, 6.07) is 11.8. The number of aryl methyl sites for hydroxylation is 1.